The van der Waals surface area contributed by atoms with E-state index in [2.05, 4.69) is 67.0 Å². The van der Waals surface area contributed by atoms with Crippen LogP contribution in [0.25, 0.3) is 0 Å². The van der Waals surface area contributed by atoms with Crippen LogP contribution in [0, 0.1) is 0 Å². The summed E-state index contributed by atoms with van der Waals surface area (Å²) in [6.07, 6.45) is 9.00. The summed E-state index contributed by atoms with van der Waals surface area (Å²) in [5.41, 5.74) is 2.61. The Labute approximate surface area is 212 Å². The van der Waals surface area contributed by atoms with Crippen LogP contribution >= 0.6 is 0 Å². The number of likely N-dealkylation sites (tertiary alicyclic amines) is 1. The van der Waals surface area contributed by atoms with Gasteiger partial charge in [0, 0.05) is 44.3 Å². The molecule has 4 atom stereocenters. The van der Waals surface area contributed by atoms with Crippen LogP contribution < -0.4 is 15.0 Å². The van der Waals surface area contributed by atoms with Gasteiger partial charge in [-0.3, -0.25) is 9.80 Å². The summed E-state index contributed by atoms with van der Waals surface area (Å²) >= 11 is 0. The molecule has 3 aliphatic rings. The minimum atomic E-state index is -0.351. The van der Waals surface area contributed by atoms with E-state index in [4.69, 9.17) is 9.47 Å². The number of unbranched alkanes of at least 4 members (excludes halogenated alkanes) is 5. The molecule has 0 aliphatic carbocycles. The van der Waals surface area contributed by atoms with Gasteiger partial charge < -0.3 is 19.7 Å². The zero-order valence-corrected chi connectivity index (χ0v) is 22.5. The Balaban J connectivity index is 1.09. The van der Waals surface area contributed by atoms with Crippen LogP contribution in [-0.2, 0) is 10.2 Å². The number of likely N-dealkylation sites (N-methyl/N-ethyl adjacent to an activating group) is 2. The topological polar surface area (TPSA) is 57.3 Å². The number of nitrogens with one attached hydrogen (secondary N) is 1. The number of amides is 1. The molecule has 7 nitrogen and oxygen atoms in total. The fraction of sp³-hybridized carbons (Fsp3) is 0.750. The zero-order chi connectivity index (χ0) is 25.0. The van der Waals surface area contributed by atoms with Crippen LogP contribution in [0.2, 0.25) is 0 Å². The monoisotopic (exact) mass is 486 g/mol. The van der Waals surface area contributed by atoms with Gasteiger partial charge in [0.1, 0.15) is 5.75 Å². The van der Waals surface area contributed by atoms with Crippen molar-refractivity contribution in [3.8, 4) is 5.75 Å². The predicted molar refractivity (Wildman–Crippen MR) is 141 cm³/mol. The largest absolute Gasteiger partial charge is 0.412 e. The molecule has 0 bridgehead atoms. The molecule has 1 N–H and O–H groups in total. The summed E-state index contributed by atoms with van der Waals surface area (Å²) in [6, 6.07) is 6.08. The number of rotatable bonds is 10. The van der Waals surface area contributed by atoms with Crippen molar-refractivity contribution >= 4 is 11.8 Å². The molecular weight excluding hydrogens is 440 g/mol. The van der Waals surface area contributed by atoms with Gasteiger partial charge in [0.15, 0.2) is 0 Å². The number of nitrogens with zero attached hydrogens (tertiary/aromatic N) is 3. The molecule has 3 aliphatic heterocycles. The van der Waals surface area contributed by atoms with Crippen molar-refractivity contribution in [1.82, 2.24) is 15.1 Å². The molecule has 2 fully saturated rings. The number of anilines is 1. The molecule has 3 heterocycles. The Morgan fingerprint density at radius 2 is 1.77 bits per heavy atom. The Morgan fingerprint density at radius 1 is 1.09 bits per heavy atom. The third-order valence-corrected chi connectivity index (χ3v) is 8.18. The van der Waals surface area contributed by atoms with Crippen LogP contribution in [0.1, 0.15) is 71.3 Å². The summed E-state index contributed by atoms with van der Waals surface area (Å²) in [5, 5.41) is 2.93. The Morgan fingerprint density at radius 3 is 2.51 bits per heavy atom. The first kappa shape index (κ1) is 26.2. The minimum absolute atomic E-state index is 0.0771. The van der Waals surface area contributed by atoms with Crippen molar-refractivity contribution in [1.29, 1.82) is 0 Å². The second kappa shape index (κ2) is 11.5. The van der Waals surface area contributed by atoms with E-state index in [0.29, 0.717) is 30.7 Å². The number of fused-ring (bicyclic) bond motifs is 3. The highest BCUT2D eigenvalue weighted by molar-refractivity contribution is 5.72. The first-order valence-electron chi connectivity index (χ1n) is 13.7. The van der Waals surface area contributed by atoms with E-state index in [1.807, 2.05) is 6.07 Å². The first-order valence-corrected chi connectivity index (χ1v) is 13.7. The molecule has 1 aromatic carbocycles. The second-order valence-corrected chi connectivity index (χ2v) is 11.3. The average molecular weight is 487 g/mol. The summed E-state index contributed by atoms with van der Waals surface area (Å²) in [7, 11) is 4.35. The van der Waals surface area contributed by atoms with Crippen LogP contribution in [0.15, 0.2) is 18.2 Å². The average Bonchev–Trinajstić information content (AvgIpc) is 3.22. The molecule has 0 saturated carbocycles. The smallest absolute Gasteiger partial charge is 0.410 e. The minimum Gasteiger partial charge on any atom is -0.410 e. The molecule has 0 spiro atoms. The van der Waals surface area contributed by atoms with Gasteiger partial charge in [-0.25, -0.2) is 4.79 Å². The van der Waals surface area contributed by atoms with Crippen molar-refractivity contribution in [2.75, 3.05) is 51.7 Å². The van der Waals surface area contributed by atoms with Gasteiger partial charge in [0.2, 0.25) is 0 Å². The lowest BCUT2D eigenvalue weighted by molar-refractivity contribution is -0.0681. The Kier molecular flexibility index (Phi) is 8.61. The van der Waals surface area contributed by atoms with Crippen LogP contribution in [-0.4, -0.2) is 81.1 Å². The molecule has 7 heteroatoms. The number of hydrogen-bond donors (Lipinski definition) is 1. The van der Waals surface area contributed by atoms with Crippen molar-refractivity contribution in [2.24, 2.45) is 0 Å². The molecule has 1 aromatic rings. The number of benzene rings is 1. The van der Waals surface area contributed by atoms with E-state index in [0.717, 1.165) is 38.9 Å². The van der Waals surface area contributed by atoms with Gasteiger partial charge in [0.05, 0.1) is 18.4 Å². The van der Waals surface area contributed by atoms with E-state index in [-0.39, 0.29) is 11.5 Å². The highest BCUT2D eigenvalue weighted by Gasteiger charge is 2.52. The van der Waals surface area contributed by atoms with Gasteiger partial charge >= 0.3 is 6.09 Å². The maximum Gasteiger partial charge on any atom is 0.412 e. The summed E-state index contributed by atoms with van der Waals surface area (Å²) in [6.45, 7) is 11.7. The molecule has 196 valence electrons. The molecule has 0 unspecified atom stereocenters. The third kappa shape index (κ3) is 6.12. The molecule has 0 radical (unpaired) electrons. The fourth-order valence-corrected chi connectivity index (χ4v) is 6.59. The standard InChI is InChI=1S/C28H46N4O3/c1-21-19-32(20-22(2)34-21)16-11-9-7-6-8-10-15-29-27(33)35-23-12-13-25-24(18-23)28(3)14-17-30(4)26(28)31(25)5/h12-13,18,21-22,26H,6-11,14-17,19-20H2,1-5H3,(H,29,33)/t21-,22+,26-,28+/m1/s1. The maximum atomic E-state index is 12.3. The third-order valence-electron chi connectivity index (χ3n) is 8.18. The summed E-state index contributed by atoms with van der Waals surface area (Å²) in [4.78, 5) is 19.7. The van der Waals surface area contributed by atoms with Gasteiger partial charge in [-0.05, 0) is 70.5 Å². The first-order chi connectivity index (χ1) is 16.8. The number of morpholine rings is 1. The number of carbonyl (C=O) groups is 1. The van der Waals surface area contributed by atoms with E-state index >= 15 is 0 Å². The van der Waals surface area contributed by atoms with Gasteiger partial charge in [-0.1, -0.05) is 32.6 Å². The van der Waals surface area contributed by atoms with Crippen molar-refractivity contribution < 1.29 is 14.3 Å². The zero-order valence-electron chi connectivity index (χ0n) is 22.5. The van der Waals surface area contributed by atoms with E-state index in [1.54, 1.807) is 0 Å². The fourth-order valence-electron chi connectivity index (χ4n) is 6.59. The Hall–Kier alpha value is -1.83. The molecule has 4 rings (SSSR count). The summed E-state index contributed by atoms with van der Waals surface area (Å²) < 4.78 is 11.4. The predicted octanol–water partition coefficient (Wildman–Crippen LogP) is 4.59. The lowest BCUT2D eigenvalue weighted by atomic mass is 9.81. The van der Waals surface area contributed by atoms with Crippen molar-refractivity contribution in [2.45, 2.75) is 89.5 Å². The number of hydrogen-bond acceptors (Lipinski definition) is 6. The summed E-state index contributed by atoms with van der Waals surface area (Å²) in [5.74, 6) is 0.634. The molecule has 2 saturated heterocycles. The highest BCUT2D eigenvalue weighted by atomic mass is 16.6. The van der Waals surface area contributed by atoms with Crippen LogP contribution in [0.3, 0.4) is 0 Å². The van der Waals surface area contributed by atoms with E-state index < -0.39 is 0 Å². The van der Waals surface area contributed by atoms with Crippen molar-refractivity contribution in [3.05, 3.63) is 23.8 Å². The maximum absolute atomic E-state index is 12.3. The van der Waals surface area contributed by atoms with Crippen LogP contribution in [0.4, 0.5) is 10.5 Å². The van der Waals surface area contributed by atoms with Gasteiger partial charge in [-0.15, -0.1) is 0 Å². The number of carbonyl (C=O) groups excluding carboxylic acids is 1. The van der Waals surface area contributed by atoms with E-state index in [1.165, 1.54) is 43.5 Å². The molecule has 35 heavy (non-hydrogen) atoms. The second-order valence-electron chi connectivity index (χ2n) is 11.3. The molecular formula is C28H46N4O3. The normalized spacial score (nSPS) is 28.7. The lowest BCUT2D eigenvalue weighted by Crippen LogP contribution is -2.45. The quantitative estimate of drug-likeness (QED) is 0.488. The van der Waals surface area contributed by atoms with E-state index in [9.17, 15) is 4.79 Å². The molecule has 0 aromatic heterocycles. The highest BCUT2D eigenvalue weighted by Crippen LogP contribution is 2.51. The van der Waals surface area contributed by atoms with Gasteiger partial charge in [-0.2, -0.15) is 0 Å². The van der Waals surface area contributed by atoms with Crippen LogP contribution in [0.5, 0.6) is 5.75 Å². The van der Waals surface area contributed by atoms with Gasteiger partial charge in [0.25, 0.3) is 0 Å². The lowest BCUT2D eigenvalue weighted by Gasteiger charge is -2.35. The Bertz CT molecular complexity index is 855. The SMILES string of the molecule is C[C@@H]1CN(CCCCCCCCNC(=O)Oc2ccc3c(c2)[C@]2(C)CCN(C)[C@@H]2N3C)C[C@H](C)O1. The molecule has 1 amide bonds. The number of ether oxygens (including phenoxy) is 2. The van der Waals surface area contributed by atoms with Crippen molar-refractivity contribution in [3.63, 3.8) is 0 Å².